The van der Waals surface area contributed by atoms with E-state index in [-0.39, 0.29) is 16.8 Å². The topological polar surface area (TPSA) is 75.3 Å². The van der Waals surface area contributed by atoms with Crippen molar-refractivity contribution in [2.24, 2.45) is 0 Å². The van der Waals surface area contributed by atoms with E-state index < -0.39 is 10.0 Å². The average Bonchev–Trinajstić information content (AvgIpc) is 2.74. The van der Waals surface area contributed by atoms with Gasteiger partial charge in [-0.1, -0.05) is 61.0 Å². The van der Waals surface area contributed by atoms with Crippen LogP contribution in [-0.2, 0) is 10.0 Å². The maximum absolute atomic E-state index is 13.0. The molecule has 0 fully saturated rings. The number of carbonyl (C=O) groups excluding carboxylic acids is 1. The van der Waals surface area contributed by atoms with Crippen LogP contribution >= 0.6 is 0 Å². The first kappa shape index (κ1) is 21.6. The zero-order valence-electron chi connectivity index (χ0n) is 17.3. The van der Waals surface area contributed by atoms with Crippen LogP contribution in [0.1, 0.15) is 46.4 Å². The number of sulfonamides is 1. The molecule has 0 aliphatic carbocycles. The minimum atomic E-state index is -3.73. The van der Waals surface area contributed by atoms with Gasteiger partial charge in [-0.15, -0.1) is 0 Å². The van der Waals surface area contributed by atoms with Crippen LogP contribution in [0.25, 0.3) is 0 Å². The second-order valence-corrected chi connectivity index (χ2v) is 8.92. The summed E-state index contributed by atoms with van der Waals surface area (Å²) in [6, 6.07) is 21.1. The Balaban J connectivity index is 1.83. The van der Waals surface area contributed by atoms with Gasteiger partial charge >= 0.3 is 0 Å². The summed E-state index contributed by atoms with van der Waals surface area (Å²) in [5.41, 5.74) is 3.60. The van der Waals surface area contributed by atoms with E-state index >= 15 is 0 Å². The van der Waals surface area contributed by atoms with Gasteiger partial charge in [-0.25, -0.2) is 8.42 Å². The van der Waals surface area contributed by atoms with Gasteiger partial charge in [0.2, 0.25) is 0 Å². The number of benzene rings is 3. The van der Waals surface area contributed by atoms with Crippen molar-refractivity contribution >= 4 is 21.6 Å². The van der Waals surface area contributed by atoms with Crippen LogP contribution < -0.4 is 10.0 Å². The minimum Gasteiger partial charge on any atom is -0.345 e. The Morgan fingerprint density at radius 3 is 2.20 bits per heavy atom. The molecular weight excluding hydrogens is 396 g/mol. The molecule has 0 aliphatic rings. The Morgan fingerprint density at radius 2 is 1.57 bits per heavy atom. The highest BCUT2D eigenvalue weighted by atomic mass is 32.2. The van der Waals surface area contributed by atoms with Crippen LogP contribution in [0.4, 0.5) is 5.69 Å². The first-order valence-corrected chi connectivity index (χ1v) is 11.3. The molecule has 0 radical (unpaired) electrons. The summed E-state index contributed by atoms with van der Waals surface area (Å²) in [5, 5.41) is 3.07. The molecule has 0 saturated heterocycles. The van der Waals surface area contributed by atoms with Crippen molar-refractivity contribution in [1.29, 1.82) is 0 Å². The van der Waals surface area contributed by atoms with E-state index in [1.807, 2.05) is 38.1 Å². The van der Waals surface area contributed by atoms with Crippen molar-refractivity contribution < 1.29 is 13.2 Å². The predicted octanol–water partition coefficient (Wildman–Crippen LogP) is 4.99. The Hall–Kier alpha value is -3.12. The summed E-state index contributed by atoms with van der Waals surface area (Å²) >= 11 is 0. The number of hydrogen-bond donors (Lipinski definition) is 2. The molecule has 0 bridgehead atoms. The van der Waals surface area contributed by atoms with Crippen molar-refractivity contribution in [3.05, 3.63) is 95.1 Å². The fraction of sp³-hybridized carbons (Fsp3) is 0.208. The number of nitrogens with one attached hydrogen (secondary N) is 2. The van der Waals surface area contributed by atoms with Crippen LogP contribution in [0, 0.1) is 13.8 Å². The first-order chi connectivity index (χ1) is 14.3. The van der Waals surface area contributed by atoms with Gasteiger partial charge in [-0.3, -0.25) is 9.52 Å². The molecule has 0 saturated carbocycles. The largest absolute Gasteiger partial charge is 0.345 e. The van der Waals surface area contributed by atoms with Gasteiger partial charge in [0.25, 0.3) is 15.9 Å². The number of hydrogen-bond acceptors (Lipinski definition) is 3. The molecule has 3 aromatic carbocycles. The molecular formula is C24H26N2O3S. The maximum atomic E-state index is 13.0. The number of rotatable bonds is 7. The lowest BCUT2D eigenvalue weighted by atomic mass is 10.0. The summed E-state index contributed by atoms with van der Waals surface area (Å²) < 4.78 is 27.9. The number of aryl methyl sites for hydroxylation is 1. The van der Waals surface area contributed by atoms with Crippen LogP contribution in [-0.4, -0.2) is 14.3 Å². The van der Waals surface area contributed by atoms with Crippen LogP contribution in [0.3, 0.4) is 0 Å². The number of carbonyl (C=O) groups is 1. The molecule has 2 N–H and O–H groups in total. The molecule has 30 heavy (non-hydrogen) atoms. The standard InChI is InChI=1S/C24H26N2O3S/c1-4-22(19-15-13-17(2)14-16-19)25-24(27)21-11-8-12-23(18(21)3)26-30(28,29)20-9-6-5-7-10-20/h5-16,22,26H,4H2,1-3H3,(H,25,27). The second kappa shape index (κ2) is 9.13. The van der Waals surface area contributed by atoms with E-state index in [0.29, 0.717) is 16.8 Å². The van der Waals surface area contributed by atoms with Crippen molar-refractivity contribution in [1.82, 2.24) is 5.32 Å². The molecule has 0 spiro atoms. The smallest absolute Gasteiger partial charge is 0.261 e. The molecule has 5 nitrogen and oxygen atoms in total. The molecule has 0 aromatic heterocycles. The molecule has 3 aromatic rings. The van der Waals surface area contributed by atoms with Gasteiger partial charge in [0.1, 0.15) is 0 Å². The van der Waals surface area contributed by atoms with Gasteiger partial charge in [0.05, 0.1) is 16.6 Å². The average molecular weight is 423 g/mol. The highest BCUT2D eigenvalue weighted by Gasteiger charge is 2.19. The van der Waals surface area contributed by atoms with Gasteiger partial charge in [0.15, 0.2) is 0 Å². The maximum Gasteiger partial charge on any atom is 0.261 e. The Labute approximate surface area is 178 Å². The number of amides is 1. The van der Waals surface area contributed by atoms with Crippen molar-refractivity contribution in [2.75, 3.05) is 4.72 Å². The minimum absolute atomic E-state index is 0.123. The van der Waals surface area contributed by atoms with Crippen LogP contribution in [0.2, 0.25) is 0 Å². The SMILES string of the molecule is CCC(NC(=O)c1cccc(NS(=O)(=O)c2ccccc2)c1C)c1ccc(C)cc1. The molecule has 1 atom stereocenters. The zero-order valence-corrected chi connectivity index (χ0v) is 18.2. The van der Waals surface area contributed by atoms with Gasteiger partial charge in [-0.2, -0.15) is 0 Å². The monoisotopic (exact) mass is 422 g/mol. The molecule has 156 valence electrons. The quantitative estimate of drug-likeness (QED) is 0.563. The van der Waals surface area contributed by atoms with Crippen LogP contribution in [0.5, 0.6) is 0 Å². The molecule has 0 heterocycles. The highest BCUT2D eigenvalue weighted by molar-refractivity contribution is 7.92. The Morgan fingerprint density at radius 1 is 0.900 bits per heavy atom. The predicted molar refractivity (Wildman–Crippen MR) is 120 cm³/mol. The molecule has 6 heteroatoms. The fourth-order valence-electron chi connectivity index (χ4n) is 3.25. The normalized spacial score (nSPS) is 12.2. The zero-order chi connectivity index (χ0) is 21.7. The van der Waals surface area contributed by atoms with Gasteiger partial charge in [-0.05, 0) is 55.7 Å². The Kier molecular flexibility index (Phi) is 6.57. The lowest BCUT2D eigenvalue weighted by molar-refractivity contribution is 0.0935. The summed E-state index contributed by atoms with van der Waals surface area (Å²) in [7, 11) is -3.73. The summed E-state index contributed by atoms with van der Waals surface area (Å²) in [6.45, 7) is 5.78. The van der Waals surface area contributed by atoms with Gasteiger partial charge in [0, 0.05) is 5.56 Å². The fourth-order valence-corrected chi connectivity index (χ4v) is 4.40. The van der Waals surface area contributed by atoms with E-state index in [0.717, 1.165) is 17.5 Å². The van der Waals surface area contributed by atoms with Crippen LogP contribution in [0.15, 0.2) is 77.7 Å². The summed E-state index contributed by atoms with van der Waals surface area (Å²) in [6.07, 6.45) is 0.744. The lowest BCUT2D eigenvalue weighted by Gasteiger charge is -2.19. The highest BCUT2D eigenvalue weighted by Crippen LogP contribution is 2.24. The van der Waals surface area contributed by atoms with Crippen molar-refractivity contribution in [2.45, 2.75) is 38.1 Å². The third-order valence-electron chi connectivity index (χ3n) is 5.07. The molecule has 1 unspecified atom stereocenters. The van der Waals surface area contributed by atoms with Crippen molar-refractivity contribution in [3.63, 3.8) is 0 Å². The third kappa shape index (κ3) is 4.89. The summed E-state index contributed by atoms with van der Waals surface area (Å²) in [4.78, 5) is 13.1. The van der Waals surface area contributed by atoms with E-state index in [4.69, 9.17) is 0 Å². The van der Waals surface area contributed by atoms with Gasteiger partial charge < -0.3 is 5.32 Å². The third-order valence-corrected chi connectivity index (χ3v) is 6.45. The first-order valence-electron chi connectivity index (χ1n) is 9.86. The molecule has 3 rings (SSSR count). The van der Waals surface area contributed by atoms with E-state index in [1.165, 1.54) is 12.1 Å². The van der Waals surface area contributed by atoms with E-state index in [1.54, 1.807) is 43.3 Å². The van der Waals surface area contributed by atoms with E-state index in [2.05, 4.69) is 10.0 Å². The van der Waals surface area contributed by atoms with E-state index in [9.17, 15) is 13.2 Å². The molecule has 0 aliphatic heterocycles. The lowest BCUT2D eigenvalue weighted by Crippen LogP contribution is -2.29. The number of anilines is 1. The Bertz CT molecular complexity index is 1120. The second-order valence-electron chi connectivity index (χ2n) is 7.24. The molecule has 1 amide bonds. The summed E-state index contributed by atoms with van der Waals surface area (Å²) in [5.74, 6) is -0.235. The van der Waals surface area contributed by atoms with Crippen molar-refractivity contribution in [3.8, 4) is 0 Å².